The second-order valence-corrected chi connectivity index (χ2v) is 12.5. The number of ether oxygens (including phenoxy) is 1. The first-order valence-electron chi connectivity index (χ1n) is 11.7. The highest BCUT2D eigenvalue weighted by Crippen LogP contribution is 2.39. The minimum atomic E-state index is -4.24. The molecular weight excluding hydrogens is 691 g/mol. The molecule has 0 unspecified atom stereocenters. The molecule has 3 amide bonds. The number of imide groups is 1. The summed E-state index contributed by atoms with van der Waals surface area (Å²) >= 11 is 8.66. The van der Waals surface area contributed by atoms with Crippen LogP contribution >= 0.6 is 46.0 Å². The molecule has 0 atom stereocenters. The number of carbonyl (C=O) groups excluding carboxylic acids is 3. The molecule has 1 saturated heterocycles. The number of hydrogen-bond acceptors (Lipinski definition) is 8. The Labute approximate surface area is 254 Å². The van der Waals surface area contributed by atoms with Crippen molar-refractivity contribution >= 4 is 84.9 Å². The summed E-state index contributed by atoms with van der Waals surface area (Å²) in [7, 11) is -4.24. The Morgan fingerprint density at radius 3 is 2.40 bits per heavy atom. The molecule has 0 radical (unpaired) electrons. The summed E-state index contributed by atoms with van der Waals surface area (Å²) in [6.07, 6.45) is 1.55. The number of halogens is 2. The van der Waals surface area contributed by atoms with Gasteiger partial charge in [0.15, 0.2) is 11.5 Å². The fraction of sp³-hybridized carbons (Fsp3) is 0.148. The number of thioether (sulfide) groups is 1. The van der Waals surface area contributed by atoms with Crippen LogP contribution in [0.2, 0.25) is 5.02 Å². The molecule has 1 fully saturated rings. The summed E-state index contributed by atoms with van der Waals surface area (Å²) in [6, 6.07) is 15.6. The van der Waals surface area contributed by atoms with Crippen molar-refractivity contribution < 1.29 is 31.7 Å². The van der Waals surface area contributed by atoms with Crippen molar-refractivity contribution in [2.45, 2.75) is 25.3 Å². The molecule has 0 aromatic heterocycles. The lowest BCUT2D eigenvalue weighted by Gasteiger charge is -2.15. The van der Waals surface area contributed by atoms with Crippen LogP contribution in [0.4, 0.5) is 10.5 Å². The number of hydrogen-bond donors (Lipinski definition) is 1. The van der Waals surface area contributed by atoms with Crippen molar-refractivity contribution in [3.8, 4) is 11.5 Å². The van der Waals surface area contributed by atoms with Gasteiger partial charge in [0.25, 0.3) is 11.1 Å². The van der Waals surface area contributed by atoms with E-state index in [9.17, 15) is 22.8 Å². The maximum atomic E-state index is 13.0. The zero-order chi connectivity index (χ0) is 29.0. The normalized spacial score (nSPS) is 14.5. The third-order valence-corrected chi connectivity index (χ3v) is 8.61. The Kier molecular flexibility index (Phi) is 9.44. The van der Waals surface area contributed by atoms with Gasteiger partial charge in [0.2, 0.25) is 5.91 Å². The summed E-state index contributed by atoms with van der Waals surface area (Å²) < 4.78 is 37.6. The Morgan fingerprint density at radius 2 is 1.77 bits per heavy atom. The van der Waals surface area contributed by atoms with Crippen molar-refractivity contribution in [3.63, 3.8) is 0 Å². The van der Waals surface area contributed by atoms with E-state index in [2.05, 4.69) is 5.32 Å². The Morgan fingerprint density at radius 1 is 1.10 bits per heavy atom. The topological polar surface area (TPSA) is 119 Å². The van der Waals surface area contributed by atoms with Gasteiger partial charge in [-0.25, -0.2) is 0 Å². The molecule has 1 aliphatic heterocycles. The summed E-state index contributed by atoms with van der Waals surface area (Å²) in [5, 5.41) is 2.72. The zero-order valence-corrected chi connectivity index (χ0v) is 25.7. The fourth-order valence-electron chi connectivity index (χ4n) is 3.64. The smallest absolute Gasteiger partial charge is 0.339 e. The first kappa shape index (κ1) is 29.9. The molecule has 13 heteroatoms. The van der Waals surface area contributed by atoms with E-state index in [1.165, 1.54) is 31.2 Å². The van der Waals surface area contributed by atoms with Crippen molar-refractivity contribution in [1.82, 2.24) is 4.90 Å². The van der Waals surface area contributed by atoms with E-state index < -0.39 is 21.3 Å². The van der Waals surface area contributed by atoms with E-state index in [1.54, 1.807) is 49.4 Å². The molecule has 1 aliphatic rings. The number of benzene rings is 3. The minimum absolute atomic E-state index is 0.0126. The van der Waals surface area contributed by atoms with Crippen LogP contribution in [0.5, 0.6) is 11.5 Å². The molecule has 0 spiro atoms. The molecule has 4 rings (SSSR count). The average molecular weight is 713 g/mol. The SMILES string of the molecule is CCOc1cc(/C=C2\SC(=O)N(Cc3ccc(Cl)cc3)C2=O)cc(I)c1OS(=O)(=O)c1ccc(NC(C)=O)cc1. The predicted octanol–water partition coefficient (Wildman–Crippen LogP) is 6.31. The van der Waals surface area contributed by atoms with Crippen molar-refractivity contribution in [3.05, 3.63) is 85.3 Å². The Bertz CT molecular complexity index is 1610. The van der Waals surface area contributed by atoms with Crippen LogP contribution < -0.4 is 14.2 Å². The van der Waals surface area contributed by atoms with Crippen molar-refractivity contribution in [2.24, 2.45) is 0 Å². The molecule has 9 nitrogen and oxygen atoms in total. The van der Waals surface area contributed by atoms with Crippen LogP contribution in [-0.4, -0.2) is 37.0 Å². The summed E-state index contributed by atoms with van der Waals surface area (Å²) in [6.45, 7) is 3.41. The van der Waals surface area contributed by atoms with Gasteiger partial charge in [-0.15, -0.1) is 0 Å². The standard InChI is InChI=1S/C27H22ClIN2O7S2/c1-3-37-23-13-18(14-24-26(33)31(27(34)39-24)15-17-4-6-19(28)7-5-17)12-22(29)25(23)38-40(35,36)21-10-8-20(9-11-21)30-16(2)32/h4-14H,3,15H2,1-2H3,(H,30,32)/b24-14-. The first-order valence-corrected chi connectivity index (χ1v) is 15.4. The molecule has 0 aliphatic carbocycles. The average Bonchev–Trinajstić information content (AvgIpc) is 3.14. The summed E-state index contributed by atoms with van der Waals surface area (Å²) in [5.41, 5.74) is 1.72. The van der Waals surface area contributed by atoms with Gasteiger partial charge in [-0.1, -0.05) is 23.7 Å². The fourth-order valence-corrected chi connectivity index (χ4v) is 6.45. The van der Waals surface area contributed by atoms with E-state index in [-0.39, 0.29) is 40.4 Å². The van der Waals surface area contributed by atoms with Crippen LogP contribution in [0.1, 0.15) is 25.0 Å². The monoisotopic (exact) mass is 712 g/mol. The van der Waals surface area contributed by atoms with Gasteiger partial charge in [0.1, 0.15) is 4.90 Å². The maximum Gasteiger partial charge on any atom is 0.339 e. The van der Waals surface area contributed by atoms with E-state index in [4.69, 9.17) is 20.5 Å². The molecule has 0 bridgehead atoms. The van der Waals surface area contributed by atoms with Gasteiger partial charge in [-0.2, -0.15) is 8.42 Å². The lowest BCUT2D eigenvalue weighted by atomic mass is 10.1. The summed E-state index contributed by atoms with van der Waals surface area (Å²) in [4.78, 5) is 38.1. The van der Waals surface area contributed by atoms with Gasteiger partial charge in [-0.3, -0.25) is 19.3 Å². The van der Waals surface area contributed by atoms with Crippen LogP contribution in [0, 0.1) is 3.57 Å². The highest BCUT2D eigenvalue weighted by molar-refractivity contribution is 14.1. The van der Waals surface area contributed by atoms with Crippen LogP contribution in [0.15, 0.2) is 70.5 Å². The minimum Gasteiger partial charge on any atom is -0.490 e. The molecule has 1 N–H and O–H groups in total. The highest BCUT2D eigenvalue weighted by atomic mass is 127. The number of nitrogens with one attached hydrogen (secondary N) is 1. The molecule has 0 saturated carbocycles. The van der Waals surface area contributed by atoms with Gasteiger partial charge in [0, 0.05) is 17.6 Å². The molecule has 1 heterocycles. The number of carbonyl (C=O) groups is 3. The molecular formula is C27H22ClIN2O7S2. The molecule has 40 heavy (non-hydrogen) atoms. The van der Waals surface area contributed by atoms with E-state index in [0.29, 0.717) is 19.8 Å². The third kappa shape index (κ3) is 7.16. The first-order chi connectivity index (χ1) is 19.0. The molecule has 208 valence electrons. The molecule has 3 aromatic carbocycles. The number of anilines is 1. The summed E-state index contributed by atoms with van der Waals surface area (Å²) in [5.74, 6) is -0.585. The second kappa shape index (κ2) is 12.6. The van der Waals surface area contributed by atoms with Gasteiger partial charge in [0.05, 0.1) is 21.6 Å². The van der Waals surface area contributed by atoms with Crippen molar-refractivity contribution in [1.29, 1.82) is 0 Å². The predicted molar refractivity (Wildman–Crippen MR) is 162 cm³/mol. The van der Waals surface area contributed by atoms with E-state index in [1.807, 2.05) is 22.6 Å². The highest BCUT2D eigenvalue weighted by Gasteiger charge is 2.35. The van der Waals surface area contributed by atoms with Crippen molar-refractivity contribution in [2.75, 3.05) is 11.9 Å². The Hall–Kier alpha value is -3.07. The zero-order valence-electron chi connectivity index (χ0n) is 21.1. The van der Waals surface area contributed by atoms with E-state index >= 15 is 0 Å². The van der Waals surface area contributed by atoms with Crippen LogP contribution in [0.25, 0.3) is 6.08 Å². The largest absolute Gasteiger partial charge is 0.490 e. The number of amides is 3. The lowest BCUT2D eigenvalue weighted by molar-refractivity contribution is -0.123. The quantitative estimate of drug-likeness (QED) is 0.156. The maximum absolute atomic E-state index is 13.0. The molecule has 3 aromatic rings. The van der Waals surface area contributed by atoms with Gasteiger partial charge in [-0.05, 0) is 107 Å². The second-order valence-electron chi connectivity index (χ2n) is 8.40. The van der Waals surface area contributed by atoms with Crippen LogP contribution in [0.3, 0.4) is 0 Å². The van der Waals surface area contributed by atoms with Gasteiger partial charge < -0.3 is 14.2 Å². The Balaban J connectivity index is 1.58. The van der Waals surface area contributed by atoms with Crippen LogP contribution in [-0.2, 0) is 26.3 Å². The number of rotatable bonds is 9. The van der Waals surface area contributed by atoms with E-state index in [0.717, 1.165) is 22.2 Å². The lowest BCUT2D eigenvalue weighted by Crippen LogP contribution is -2.27. The number of nitrogens with zero attached hydrogens (tertiary/aromatic N) is 1. The van der Waals surface area contributed by atoms with Gasteiger partial charge >= 0.3 is 10.1 Å². The third-order valence-electron chi connectivity index (χ3n) is 5.41.